The van der Waals surface area contributed by atoms with Crippen LogP contribution in [0.15, 0.2) is 58.3 Å². The Kier molecular flexibility index (Phi) is 6.10. The normalized spacial score (nSPS) is 11.2. The van der Waals surface area contributed by atoms with Crippen molar-refractivity contribution >= 4 is 44.8 Å². The molecule has 2 rings (SSSR count). The van der Waals surface area contributed by atoms with Crippen molar-refractivity contribution in [2.45, 2.75) is 16.2 Å². The van der Waals surface area contributed by atoms with Crippen molar-refractivity contribution in [3.05, 3.63) is 53.6 Å². The van der Waals surface area contributed by atoms with Gasteiger partial charge in [0, 0.05) is 28.2 Å². The van der Waals surface area contributed by atoms with Crippen LogP contribution in [-0.2, 0) is 14.6 Å². The molecule has 0 atom stereocenters. The first-order valence-corrected chi connectivity index (χ1v) is 10.1. The third-order valence-electron chi connectivity index (χ3n) is 2.90. The molecule has 122 valence electrons. The lowest BCUT2D eigenvalue weighted by atomic mass is 10.3. The highest BCUT2D eigenvalue weighted by molar-refractivity contribution is 7.99. The number of hydrogen-bond donors (Lipinski definition) is 1. The van der Waals surface area contributed by atoms with E-state index >= 15 is 0 Å². The molecule has 4 nitrogen and oxygen atoms in total. The zero-order chi connectivity index (χ0) is 16.9. The molecular weight excluding hydrogens is 354 g/mol. The van der Waals surface area contributed by atoms with Gasteiger partial charge in [-0.1, -0.05) is 35.5 Å². The fourth-order valence-corrected chi connectivity index (χ4v) is 3.41. The lowest BCUT2D eigenvalue weighted by Gasteiger charge is -2.07. The van der Waals surface area contributed by atoms with Gasteiger partial charge >= 0.3 is 0 Å². The Labute approximate surface area is 145 Å². The van der Waals surface area contributed by atoms with Gasteiger partial charge in [-0.3, -0.25) is 4.79 Å². The summed E-state index contributed by atoms with van der Waals surface area (Å²) >= 11 is 7.65. The molecular formula is C16H16ClNO3S2. The van der Waals surface area contributed by atoms with Gasteiger partial charge in [-0.05, 0) is 36.4 Å². The van der Waals surface area contributed by atoms with Gasteiger partial charge in [-0.15, -0.1) is 0 Å². The zero-order valence-electron chi connectivity index (χ0n) is 12.5. The molecule has 0 bridgehead atoms. The van der Waals surface area contributed by atoms with Crippen LogP contribution in [0.4, 0.5) is 5.69 Å². The summed E-state index contributed by atoms with van der Waals surface area (Å²) in [5.41, 5.74) is 0.631. The van der Waals surface area contributed by atoms with Gasteiger partial charge in [0.25, 0.3) is 0 Å². The van der Waals surface area contributed by atoms with Crippen molar-refractivity contribution < 1.29 is 13.2 Å². The molecule has 1 N–H and O–H groups in total. The summed E-state index contributed by atoms with van der Waals surface area (Å²) in [5, 5.41) is 3.37. The average Bonchev–Trinajstić information content (AvgIpc) is 2.49. The summed E-state index contributed by atoms with van der Waals surface area (Å²) in [6.45, 7) is 0. The summed E-state index contributed by atoms with van der Waals surface area (Å²) in [4.78, 5) is 13.6. The lowest BCUT2D eigenvalue weighted by Crippen LogP contribution is -2.16. The fraction of sp³-hybridized carbons (Fsp3) is 0.188. The Bertz CT molecular complexity index is 789. The topological polar surface area (TPSA) is 63.2 Å². The van der Waals surface area contributed by atoms with Crippen LogP contribution in [0.1, 0.15) is 6.42 Å². The highest BCUT2D eigenvalue weighted by Crippen LogP contribution is 2.33. The maximum absolute atomic E-state index is 11.7. The summed E-state index contributed by atoms with van der Waals surface area (Å²) in [5.74, 6) is -0.471. The van der Waals surface area contributed by atoms with Crippen molar-refractivity contribution in [3.63, 3.8) is 0 Å². The SMILES string of the molecule is CS(=O)(=O)CCC(=O)Nc1ccc(Sc2ccccc2Cl)cc1. The Balaban J connectivity index is 1.94. The standard InChI is InChI=1S/C16H16ClNO3S2/c1-23(20,21)11-10-16(19)18-12-6-8-13(9-7-12)22-15-5-3-2-4-14(15)17/h2-9H,10-11H2,1H3,(H,18,19). The fourth-order valence-electron chi connectivity index (χ4n) is 1.76. The number of rotatable bonds is 6. The van der Waals surface area contributed by atoms with E-state index in [1.807, 2.05) is 36.4 Å². The van der Waals surface area contributed by atoms with Gasteiger partial charge in [0.15, 0.2) is 0 Å². The summed E-state index contributed by atoms with van der Waals surface area (Å²) in [6.07, 6.45) is 1.07. The summed E-state index contributed by atoms with van der Waals surface area (Å²) < 4.78 is 22.1. The molecule has 0 saturated carbocycles. The summed E-state index contributed by atoms with van der Waals surface area (Å²) in [7, 11) is -3.13. The van der Waals surface area contributed by atoms with E-state index in [0.29, 0.717) is 10.7 Å². The van der Waals surface area contributed by atoms with E-state index in [1.165, 1.54) is 11.8 Å². The molecule has 0 spiro atoms. The van der Waals surface area contributed by atoms with Gasteiger partial charge in [-0.2, -0.15) is 0 Å². The van der Waals surface area contributed by atoms with Gasteiger partial charge in [-0.25, -0.2) is 8.42 Å². The quantitative estimate of drug-likeness (QED) is 0.839. The molecule has 0 heterocycles. The molecule has 2 aromatic carbocycles. The van der Waals surface area contributed by atoms with Gasteiger partial charge in [0.2, 0.25) is 5.91 Å². The molecule has 0 aliphatic carbocycles. The number of anilines is 1. The molecule has 7 heteroatoms. The number of benzene rings is 2. The van der Waals surface area contributed by atoms with Crippen LogP contribution >= 0.6 is 23.4 Å². The number of carbonyl (C=O) groups is 1. The van der Waals surface area contributed by atoms with E-state index in [0.717, 1.165) is 16.0 Å². The molecule has 2 aromatic rings. The number of amides is 1. The van der Waals surface area contributed by atoms with E-state index in [2.05, 4.69) is 5.32 Å². The van der Waals surface area contributed by atoms with Crippen LogP contribution in [-0.4, -0.2) is 26.3 Å². The van der Waals surface area contributed by atoms with Crippen LogP contribution < -0.4 is 5.32 Å². The van der Waals surface area contributed by atoms with Crippen molar-refractivity contribution in [3.8, 4) is 0 Å². The molecule has 0 fully saturated rings. The average molecular weight is 370 g/mol. The van der Waals surface area contributed by atoms with Crippen LogP contribution in [0.25, 0.3) is 0 Å². The predicted molar refractivity (Wildman–Crippen MR) is 95.0 cm³/mol. The van der Waals surface area contributed by atoms with Crippen molar-refractivity contribution in [2.75, 3.05) is 17.3 Å². The van der Waals surface area contributed by atoms with Crippen LogP contribution in [0.2, 0.25) is 5.02 Å². The lowest BCUT2D eigenvalue weighted by molar-refractivity contribution is -0.115. The molecule has 1 amide bonds. The first kappa shape index (κ1) is 17.8. The van der Waals surface area contributed by atoms with E-state index in [1.54, 1.807) is 12.1 Å². The minimum Gasteiger partial charge on any atom is -0.326 e. The summed E-state index contributed by atoms with van der Waals surface area (Å²) in [6, 6.07) is 14.9. The van der Waals surface area contributed by atoms with E-state index in [4.69, 9.17) is 11.6 Å². The minimum atomic E-state index is -3.13. The van der Waals surface area contributed by atoms with Gasteiger partial charge in [0.05, 0.1) is 10.8 Å². The van der Waals surface area contributed by atoms with E-state index < -0.39 is 9.84 Å². The largest absolute Gasteiger partial charge is 0.326 e. The molecule has 23 heavy (non-hydrogen) atoms. The Morgan fingerprint density at radius 2 is 1.78 bits per heavy atom. The highest BCUT2D eigenvalue weighted by Gasteiger charge is 2.08. The van der Waals surface area contributed by atoms with Gasteiger partial charge < -0.3 is 5.32 Å². The molecule has 0 radical (unpaired) electrons. The maximum Gasteiger partial charge on any atom is 0.225 e. The minimum absolute atomic E-state index is 0.0467. The van der Waals surface area contributed by atoms with E-state index in [-0.39, 0.29) is 18.1 Å². The second-order valence-electron chi connectivity index (χ2n) is 4.98. The maximum atomic E-state index is 11.7. The first-order chi connectivity index (χ1) is 10.8. The monoisotopic (exact) mass is 369 g/mol. The first-order valence-electron chi connectivity index (χ1n) is 6.83. The predicted octanol–water partition coefficient (Wildman–Crippen LogP) is 3.86. The smallest absolute Gasteiger partial charge is 0.225 e. The van der Waals surface area contributed by atoms with Crippen molar-refractivity contribution in [1.29, 1.82) is 0 Å². The second kappa shape index (κ2) is 7.86. The van der Waals surface area contributed by atoms with Crippen molar-refractivity contribution in [2.24, 2.45) is 0 Å². The third kappa shape index (κ3) is 6.25. The molecule has 0 aromatic heterocycles. The van der Waals surface area contributed by atoms with Gasteiger partial charge in [0.1, 0.15) is 9.84 Å². The Morgan fingerprint density at radius 1 is 1.13 bits per heavy atom. The number of hydrogen-bond acceptors (Lipinski definition) is 4. The zero-order valence-corrected chi connectivity index (χ0v) is 14.8. The molecule has 0 unspecified atom stereocenters. The molecule has 0 saturated heterocycles. The number of halogens is 1. The Hall–Kier alpha value is -1.50. The number of sulfone groups is 1. The van der Waals surface area contributed by atoms with E-state index in [9.17, 15) is 13.2 Å². The number of carbonyl (C=O) groups excluding carboxylic acids is 1. The second-order valence-corrected chi connectivity index (χ2v) is 8.77. The van der Waals surface area contributed by atoms with Crippen molar-refractivity contribution in [1.82, 2.24) is 0 Å². The van der Waals surface area contributed by atoms with Crippen LogP contribution in [0.3, 0.4) is 0 Å². The Morgan fingerprint density at radius 3 is 2.39 bits per heavy atom. The molecule has 0 aliphatic rings. The van der Waals surface area contributed by atoms with Crippen LogP contribution in [0, 0.1) is 0 Å². The molecule has 0 aliphatic heterocycles. The van der Waals surface area contributed by atoms with Crippen LogP contribution in [0.5, 0.6) is 0 Å². The third-order valence-corrected chi connectivity index (χ3v) is 5.37. The highest BCUT2D eigenvalue weighted by atomic mass is 35.5. The number of nitrogens with one attached hydrogen (secondary N) is 1.